The first-order chi connectivity index (χ1) is 9.97. The molecule has 1 aliphatic rings. The Morgan fingerprint density at radius 3 is 2.62 bits per heavy atom. The predicted molar refractivity (Wildman–Crippen MR) is 74.0 cm³/mol. The van der Waals surface area contributed by atoms with Crippen molar-refractivity contribution in [2.45, 2.75) is 32.2 Å². The van der Waals surface area contributed by atoms with Crippen molar-refractivity contribution in [3.05, 3.63) is 29.1 Å². The summed E-state index contributed by atoms with van der Waals surface area (Å²) < 4.78 is 0. The number of carbonyl (C=O) groups excluding carboxylic acids is 2. The lowest BCUT2D eigenvalue weighted by Gasteiger charge is -2.07. The first kappa shape index (κ1) is 15.0. The summed E-state index contributed by atoms with van der Waals surface area (Å²) in [5, 5.41) is 14.3. The Labute approximate surface area is 121 Å². The number of carboxylic acid groups (broad SMARTS) is 1. The second kappa shape index (κ2) is 6.34. The zero-order chi connectivity index (χ0) is 15.4. The number of aromatic carboxylic acids is 1. The number of hydrogen-bond donors (Lipinski definition) is 3. The fourth-order valence-corrected chi connectivity index (χ4v) is 1.82. The lowest BCUT2D eigenvalue weighted by atomic mass is 10.2. The van der Waals surface area contributed by atoms with Crippen molar-refractivity contribution in [3.63, 3.8) is 0 Å². The van der Waals surface area contributed by atoms with E-state index in [2.05, 4.69) is 15.6 Å². The maximum Gasteiger partial charge on any atom is 0.337 e. The summed E-state index contributed by atoms with van der Waals surface area (Å²) >= 11 is 0. The quantitative estimate of drug-likeness (QED) is 0.706. The largest absolute Gasteiger partial charge is 0.478 e. The van der Waals surface area contributed by atoms with E-state index in [0.29, 0.717) is 6.04 Å². The van der Waals surface area contributed by atoms with Gasteiger partial charge in [-0.15, -0.1) is 0 Å². The van der Waals surface area contributed by atoms with Crippen LogP contribution in [0.25, 0.3) is 0 Å². The molecule has 1 aromatic rings. The molecule has 0 saturated heterocycles. The molecule has 1 aromatic heterocycles. The number of carboxylic acids is 1. The Hall–Kier alpha value is -2.44. The maximum absolute atomic E-state index is 11.8. The predicted octanol–water partition coefficient (Wildman–Crippen LogP) is 0.487. The van der Waals surface area contributed by atoms with Gasteiger partial charge in [0.05, 0.1) is 11.3 Å². The molecule has 0 bridgehead atoms. The van der Waals surface area contributed by atoms with Crippen molar-refractivity contribution < 1.29 is 19.5 Å². The van der Waals surface area contributed by atoms with Crippen molar-refractivity contribution >= 4 is 17.8 Å². The Bertz CT molecular complexity index is 582. The van der Waals surface area contributed by atoms with Crippen LogP contribution in [0.3, 0.4) is 0 Å². The minimum absolute atomic E-state index is 0.0651. The van der Waals surface area contributed by atoms with E-state index in [1.54, 1.807) is 0 Å². The first-order valence-electron chi connectivity index (χ1n) is 6.76. The van der Waals surface area contributed by atoms with E-state index in [1.807, 2.05) is 0 Å². The molecule has 2 rings (SSSR count). The molecule has 0 atom stereocenters. The number of carbonyl (C=O) groups is 3. The van der Waals surface area contributed by atoms with Crippen LogP contribution >= 0.6 is 0 Å². The van der Waals surface area contributed by atoms with Gasteiger partial charge >= 0.3 is 5.97 Å². The van der Waals surface area contributed by atoms with Gasteiger partial charge in [0.2, 0.25) is 5.91 Å². The fraction of sp³-hybridized carbons (Fsp3) is 0.429. The lowest BCUT2D eigenvalue weighted by Crippen LogP contribution is -2.32. The lowest BCUT2D eigenvalue weighted by molar-refractivity contribution is -0.121. The van der Waals surface area contributed by atoms with Gasteiger partial charge in [0, 0.05) is 19.0 Å². The van der Waals surface area contributed by atoms with Gasteiger partial charge in [0.25, 0.3) is 5.91 Å². The first-order valence-corrected chi connectivity index (χ1v) is 6.76. The van der Waals surface area contributed by atoms with Crippen LogP contribution in [0.1, 0.15) is 45.8 Å². The molecule has 0 radical (unpaired) electrons. The molecule has 3 N–H and O–H groups in total. The maximum atomic E-state index is 11.8. The van der Waals surface area contributed by atoms with Crippen molar-refractivity contribution in [2.24, 2.45) is 0 Å². The van der Waals surface area contributed by atoms with Crippen LogP contribution in [0.2, 0.25) is 0 Å². The molecular weight excluding hydrogens is 274 g/mol. The molecule has 1 fully saturated rings. The third kappa shape index (κ3) is 4.27. The van der Waals surface area contributed by atoms with Gasteiger partial charge in [-0.25, -0.2) is 9.78 Å². The zero-order valence-corrected chi connectivity index (χ0v) is 11.7. The summed E-state index contributed by atoms with van der Waals surface area (Å²) in [5.74, 6) is -1.58. The van der Waals surface area contributed by atoms with Crippen molar-refractivity contribution in [1.29, 1.82) is 0 Å². The summed E-state index contributed by atoms with van der Waals surface area (Å²) in [4.78, 5) is 38.1. The Morgan fingerprint density at radius 1 is 1.33 bits per heavy atom. The zero-order valence-electron chi connectivity index (χ0n) is 11.7. The number of nitrogens with zero attached hydrogens (tertiary/aromatic N) is 1. The van der Waals surface area contributed by atoms with E-state index in [-0.39, 0.29) is 35.8 Å². The van der Waals surface area contributed by atoms with E-state index in [0.717, 1.165) is 12.8 Å². The normalized spacial score (nSPS) is 13.6. The minimum atomic E-state index is -1.08. The molecule has 0 spiro atoms. The van der Waals surface area contributed by atoms with E-state index >= 15 is 0 Å². The van der Waals surface area contributed by atoms with Crippen LogP contribution in [-0.2, 0) is 4.79 Å². The molecule has 0 aliphatic heterocycles. The molecule has 0 unspecified atom stereocenters. The molecule has 112 valence electrons. The van der Waals surface area contributed by atoms with Crippen molar-refractivity contribution in [3.8, 4) is 0 Å². The Kier molecular flexibility index (Phi) is 4.52. The number of hydrogen-bond acceptors (Lipinski definition) is 4. The second-order valence-corrected chi connectivity index (χ2v) is 4.98. The highest BCUT2D eigenvalue weighted by atomic mass is 16.4. The molecule has 1 heterocycles. The molecule has 0 aromatic carbocycles. The third-order valence-corrected chi connectivity index (χ3v) is 3.13. The van der Waals surface area contributed by atoms with Crippen molar-refractivity contribution in [1.82, 2.24) is 15.6 Å². The SMILES string of the molecule is Cc1nc(C(=O)NCCC(=O)NC2CC2)ccc1C(=O)O. The van der Waals surface area contributed by atoms with Crippen LogP contribution in [0.5, 0.6) is 0 Å². The summed E-state index contributed by atoms with van der Waals surface area (Å²) in [6.45, 7) is 1.75. The summed E-state index contributed by atoms with van der Waals surface area (Å²) in [5.41, 5.74) is 0.483. The molecule has 1 aliphatic carbocycles. The van der Waals surface area contributed by atoms with Crippen LogP contribution in [0, 0.1) is 6.92 Å². The van der Waals surface area contributed by atoms with Gasteiger partial charge in [-0.2, -0.15) is 0 Å². The number of rotatable bonds is 6. The highest BCUT2D eigenvalue weighted by molar-refractivity contribution is 5.94. The van der Waals surface area contributed by atoms with Crippen molar-refractivity contribution in [2.75, 3.05) is 6.54 Å². The molecular formula is C14H17N3O4. The number of pyridine rings is 1. The number of aryl methyl sites for hydroxylation is 1. The Morgan fingerprint density at radius 2 is 2.05 bits per heavy atom. The average Bonchev–Trinajstić information content (AvgIpc) is 3.21. The molecule has 21 heavy (non-hydrogen) atoms. The van der Waals surface area contributed by atoms with E-state index in [9.17, 15) is 14.4 Å². The third-order valence-electron chi connectivity index (χ3n) is 3.13. The van der Waals surface area contributed by atoms with E-state index in [1.165, 1.54) is 19.1 Å². The van der Waals surface area contributed by atoms with Crippen LogP contribution < -0.4 is 10.6 Å². The number of aromatic nitrogens is 1. The fourth-order valence-electron chi connectivity index (χ4n) is 1.82. The van der Waals surface area contributed by atoms with Gasteiger partial charge in [0.15, 0.2) is 0 Å². The van der Waals surface area contributed by atoms with Gasteiger partial charge in [-0.3, -0.25) is 9.59 Å². The summed E-state index contributed by atoms with van der Waals surface area (Å²) in [7, 11) is 0. The highest BCUT2D eigenvalue weighted by Gasteiger charge is 2.22. The summed E-state index contributed by atoms with van der Waals surface area (Å²) in [6.07, 6.45) is 2.27. The molecule has 2 amide bonds. The molecule has 7 heteroatoms. The standard InChI is InChI=1S/C14H17N3O4/c1-8-10(14(20)21)4-5-11(16-8)13(19)15-7-6-12(18)17-9-2-3-9/h4-5,9H,2-3,6-7H2,1H3,(H,15,19)(H,17,18)(H,20,21). The van der Waals surface area contributed by atoms with Gasteiger partial charge in [-0.05, 0) is 31.9 Å². The van der Waals surface area contributed by atoms with Gasteiger partial charge < -0.3 is 15.7 Å². The topological polar surface area (TPSA) is 108 Å². The highest BCUT2D eigenvalue weighted by Crippen LogP contribution is 2.18. The van der Waals surface area contributed by atoms with Crippen LogP contribution in [0.15, 0.2) is 12.1 Å². The molecule has 7 nitrogen and oxygen atoms in total. The smallest absolute Gasteiger partial charge is 0.337 e. The summed E-state index contributed by atoms with van der Waals surface area (Å²) in [6, 6.07) is 3.01. The average molecular weight is 291 g/mol. The van der Waals surface area contributed by atoms with E-state index in [4.69, 9.17) is 5.11 Å². The number of nitrogens with one attached hydrogen (secondary N) is 2. The van der Waals surface area contributed by atoms with Crippen LogP contribution in [-0.4, -0.2) is 40.5 Å². The van der Waals surface area contributed by atoms with Crippen LogP contribution in [0.4, 0.5) is 0 Å². The monoisotopic (exact) mass is 291 g/mol. The van der Waals surface area contributed by atoms with Gasteiger partial charge in [-0.1, -0.05) is 0 Å². The molecule has 1 saturated carbocycles. The minimum Gasteiger partial charge on any atom is -0.478 e. The van der Waals surface area contributed by atoms with Gasteiger partial charge in [0.1, 0.15) is 5.69 Å². The Balaban J connectivity index is 1.83. The second-order valence-electron chi connectivity index (χ2n) is 4.98. The number of amides is 2. The van der Waals surface area contributed by atoms with E-state index < -0.39 is 11.9 Å².